The Morgan fingerprint density at radius 1 is 1.11 bits per heavy atom. The number of hydrogen-bond donors (Lipinski definition) is 1. The highest BCUT2D eigenvalue weighted by Gasteiger charge is 2.14. The molecule has 0 fully saturated rings. The van der Waals surface area contributed by atoms with Gasteiger partial charge in [0.05, 0.1) is 21.3 Å². The predicted molar refractivity (Wildman–Crippen MR) is 106 cm³/mol. The Morgan fingerprint density at radius 3 is 2.41 bits per heavy atom. The molecule has 2 aromatic carbocycles. The number of nitrogens with one attached hydrogen (secondary N) is 1. The number of methoxy groups -OCH3 is 2. The van der Waals surface area contributed by atoms with Gasteiger partial charge < -0.3 is 18.8 Å². The number of nitrogens with zero attached hydrogens (tertiary/aromatic N) is 2. The SMILES string of the molecule is COc1cc(OC)cc(-c2nn(C[NH+](C)Cc3ccccc3C)c(=S)o2)c1. The standard InChI is InChI=1S/C20H23N3O3S/c1-14-7-5-6-8-15(14)12-22(2)13-23-20(27)26-19(21-23)16-9-17(24-3)11-18(10-16)25-4/h5-11H,12-13H2,1-4H3/p+1. The van der Waals surface area contributed by atoms with Crippen molar-refractivity contribution in [3.05, 3.63) is 58.4 Å². The van der Waals surface area contributed by atoms with Crippen LogP contribution in [0.2, 0.25) is 0 Å². The molecule has 27 heavy (non-hydrogen) atoms. The van der Waals surface area contributed by atoms with E-state index in [-0.39, 0.29) is 0 Å². The first kappa shape index (κ1) is 19.1. The van der Waals surface area contributed by atoms with Gasteiger partial charge in [-0.05, 0) is 36.8 Å². The maximum Gasteiger partial charge on any atom is 0.292 e. The molecule has 0 bridgehead atoms. The molecule has 0 saturated heterocycles. The lowest BCUT2D eigenvalue weighted by Gasteiger charge is -2.14. The molecule has 142 valence electrons. The Kier molecular flexibility index (Phi) is 5.93. The highest BCUT2D eigenvalue weighted by Crippen LogP contribution is 2.28. The van der Waals surface area contributed by atoms with E-state index in [2.05, 4.69) is 43.3 Å². The molecule has 3 rings (SSSR count). The van der Waals surface area contributed by atoms with E-state index in [0.29, 0.717) is 28.9 Å². The highest BCUT2D eigenvalue weighted by atomic mass is 32.1. The summed E-state index contributed by atoms with van der Waals surface area (Å²) < 4.78 is 18.1. The molecule has 0 amide bonds. The Hall–Kier alpha value is -2.64. The molecule has 6 nitrogen and oxygen atoms in total. The quantitative estimate of drug-likeness (QED) is 0.633. The number of hydrogen-bond acceptors (Lipinski definition) is 5. The van der Waals surface area contributed by atoms with Crippen LogP contribution in [0.5, 0.6) is 11.5 Å². The van der Waals surface area contributed by atoms with Crippen LogP contribution in [0.1, 0.15) is 11.1 Å². The van der Waals surface area contributed by atoms with Gasteiger partial charge in [0.1, 0.15) is 18.0 Å². The van der Waals surface area contributed by atoms with Gasteiger partial charge in [0.25, 0.3) is 4.84 Å². The fourth-order valence-corrected chi connectivity index (χ4v) is 3.08. The van der Waals surface area contributed by atoms with Gasteiger partial charge in [0.15, 0.2) is 6.67 Å². The summed E-state index contributed by atoms with van der Waals surface area (Å²) in [5.41, 5.74) is 3.35. The topological polar surface area (TPSA) is 53.9 Å². The van der Waals surface area contributed by atoms with E-state index >= 15 is 0 Å². The van der Waals surface area contributed by atoms with E-state index < -0.39 is 0 Å². The Morgan fingerprint density at radius 2 is 1.78 bits per heavy atom. The van der Waals surface area contributed by atoms with E-state index in [9.17, 15) is 0 Å². The van der Waals surface area contributed by atoms with Crippen molar-refractivity contribution in [2.45, 2.75) is 20.1 Å². The van der Waals surface area contributed by atoms with Crippen LogP contribution in [0.3, 0.4) is 0 Å². The fraction of sp³-hybridized carbons (Fsp3) is 0.300. The third-order valence-electron chi connectivity index (χ3n) is 4.38. The molecule has 0 aliphatic carbocycles. The Bertz CT molecular complexity index is 958. The average Bonchev–Trinajstić information content (AvgIpc) is 3.03. The molecule has 1 N–H and O–H groups in total. The first-order chi connectivity index (χ1) is 13.0. The Balaban J connectivity index is 1.81. The van der Waals surface area contributed by atoms with Crippen LogP contribution in [0.15, 0.2) is 46.9 Å². The summed E-state index contributed by atoms with van der Waals surface area (Å²) in [6.45, 7) is 3.61. The van der Waals surface area contributed by atoms with Gasteiger partial charge in [0.2, 0.25) is 5.89 Å². The summed E-state index contributed by atoms with van der Waals surface area (Å²) >= 11 is 5.36. The third-order valence-corrected chi connectivity index (χ3v) is 4.67. The number of ether oxygens (including phenoxy) is 2. The minimum absolute atomic E-state index is 0.343. The molecule has 3 aromatic rings. The lowest BCUT2D eigenvalue weighted by atomic mass is 10.1. The van der Waals surface area contributed by atoms with Crippen molar-refractivity contribution in [2.24, 2.45) is 0 Å². The monoisotopic (exact) mass is 386 g/mol. The van der Waals surface area contributed by atoms with Crippen molar-refractivity contribution in [1.29, 1.82) is 0 Å². The van der Waals surface area contributed by atoms with Gasteiger partial charge in [-0.3, -0.25) is 0 Å². The summed E-state index contributed by atoms with van der Waals surface area (Å²) in [5.74, 6) is 1.78. The molecular weight excluding hydrogens is 362 g/mol. The van der Waals surface area contributed by atoms with Crippen molar-refractivity contribution in [2.75, 3.05) is 21.3 Å². The summed E-state index contributed by atoms with van der Waals surface area (Å²) in [6.07, 6.45) is 0. The average molecular weight is 386 g/mol. The lowest BCUT2D eigenvalue weighted by molar-refractivity contribution is -0.917. The largest absolute Gasteiger partial charge is 0.497 e. The van der Waals surface area contributed by atoms with E-state index in [0.717, 1.165) is 12.1 Å². The second-order valence-corrected chi connectivity index (χ2v) is 6.84. The van der Waals surface area contributed by atoms with Crippen LogP contribution in [0.25, 0.3) is 11.5 Å². The third kappa shape index (κ3) is 4.56. The van der Waals surface area contributed by atoms with Crippen molar-refractivity contribution < 1.29 is 18.8 Å². The van der Waals surface area contributed by atoms with Crippen LogP contribution in [-0.2, 0) is 13.2 Å². The fourth-order valence-electron chi connectivity index (χ4n) is 2.90. The molecule has 0 saturated carbocycles. The molecule has 1 unspecified atom stereocenters. The summed E-state index contributed by atoms with van der Waals surface area (Å²) in [5, 5.41) is 4.55. The minimum atomic E-state index is 0.343. The number of aromatic nitrogens is 2. The molecule has 1 heterocycles. The molecule has 0 aliphatic rings. The van der Waals surface area contributed by atoms with Crippen LogP contribution in [0.4, 0.5) is 0 Å². The smallest absolute Gasteiger partial charge is 0.292 e. The van der Waals surface area contributed by atoms with Crippen molar-refractivity contribution in [3.8, 4) is 23.0 Å². The van der Waals surface area contributed by atoms with E-state index in [1.54, 1.807) is 25.0 Å². The first-order valence-corrected chi connectivity index (χ1v) is 9.08. The van der Waals surface area contributed by atoms with Crippen molar-refractivity contribution in [1.82, 2.24) is 9.78 Å². The zero-order chi connectivity index (χ0) is 19.4. The molecule has 1 atom stereocenters. The maximum absolute atomic E-state index is 5.72. The number of rotatable bonds is 7. The van der Waals surface area contributed by atoms with Gasteiger partial charge in [-0.1, -0.05) is 24.3 Å². The van der Waals surface area contributed by atoms with E-state index in [4.69, 9.17) is 26.1 Å². The summed E-state index contributed by atoms with van der Waals surface area (Å²) in [6, 6.07) is 13.9. The summed E-state index contributed by atoms with van der Waals surface area (Å²) in [7, 11) is 5.32. The number of quaternary nitrogens is 1. The highest BCUT2D eigenvalue weighted by molar-refractivity contribution is 7.71. The molecular formula is C20H24N3O3S+. The van der Waals surface area contributed by atoms with Crippen LogP contribution < -0.4 is 14.4 Å². The molecule has 0 radical (unpaired) electrons. The van der Waals surface area contributed by atoms with Crippen LogP contribution >= 0.6 is 12.2 Å². The number of aryl methyl sites for hydroxylation is 1. The zero-order valence-electron chi connectivity index (χ0n) is 16.0. The van der Waals surface area contributed by atoms with Crippen LogP contribution in [0, 0.1) is 11.8 Å². The van der Waals surface area contributed by atoms with Gasteiger partial charge in [0, 0.05) is 17.2 Å². The molecule has 0 aliphatic heterocycles. The van der Waals surface area contributed by atoms with Crippen molar-refractivity contribution in [3.63, 3.8) is 0 Å². The minimum Gasteiger partial charge on any atom is -0.497 e. The van der Waals surface area contributed by atoms with Crippen molar-refractivity contribution >= 4 is 12.2 Å². The second-order valence-electron chi connectivity index (χ2n) is 6.49. The van der Waals surface area contributed by atoms with Gasteiger partial charge >= 0.3 is 0 Å². The zero-order valence-corrected chi connectivity index (χ0v) is 16.8. The predicted octanol–water partition coefficient (Wildman–Crippen LogP) is 2.87. The summed E-state index contributed by atoms with van der Waals surface area (Å²) in [4.78, 5) is 1.60. The number of benzene rings is 2. The van der Waals surface area contributed by atoms with E-state index in [1.807, 2.05) is 12.1 Å². The molecule has 0 spiro atoms. The maximum atomic E-state index is 5.72. The van der Waals surface area contributed by atoms with Gasteiger partial charge in [-0.15, -0.1) is 5.10 Å². The second kappa shape index (κ2) is 8.37. The molecule has 7 heteroatoms. The van der Waals surface area contributed by atoms with Crippen LogP contribution in [-0.4, -0.2) is 31.0 Å². The Labute approximate surface area is 163 Å². The normalized spacial score (nSPS) is 12.0. The van der Waals surface area contributed by atoms with Gasteiger partial charge in [-0.2, -0.15) is 4.68 Å². The first-order valence-electron chi connectivity index (χ1n) is 8.67. The lowest BCUT2D eigenvalue weighted by Crippen LogP contribution is -3.07. The van der Waals surface area contributed by atoms with E-state index in [1.165, 1.54) is 16.0 Å². The molecule has 1 aromatic heterocycles. The van der Waals surface area contributed by atoms with Gasteiger partial charge in [-0.25, -0.2) is 0 Å².